The van der Waals surface area contributed by atoms with Crippen LogP contribution in [0.5, 0.6) is 0 Å². The average Bonchev–Trinajstić information content (AvgIpc) is 2.88. The van der Waals surface area contributed by atoms with Gasteiger partial charge in [-0.25, -0.2) is 4.68 Å². The van der Waals surface area contributed by atoms with E-state index in [2.05, 4.69) is 20.9 Å². The molecule has 0 aliphatic carbocycles. The quantitative estimate of drug-likeness (QED) is 0.689. The van der Waals surface area contributed by atoms with E-state index in [1.807, 2.05) is 0 Å². The van der Waals surface area contributed by atoms with Crippen LogP contribution < -0.4 is 10.6 Å². The molecule has 1 saturated heterocycles. The molecule has 0 bridgehead atoms. The standard InChI is InChI=1S/C12H19N5O3/c1-8(6-11(18)19)14-12(20)10-7-17(16-15-10)9-2-4-13-5-3-9/h7-9,13H,2-6H2,1H3,(H,14,20)(H,18,19). The summed E-state index contributed by atoms with van der Waals surface area (Å²) in [7, 11) is 0. The van der Waals surface area contributed by atoms with Crippen LogP contribution in [0.25, 0.3) is 0 Å². The number of aliphatic carboxylic acids is 1. The molecule has 1 fully saturated rings. The number of hydrogen-bond acceptors (Lipinski definition) is 5. The number of carbonyl (C=O) groups excluding carboxylic acids is 1. The zero-order chi connectivity index (χ0) is 14.5. The molecule has 8 heteroatoms. The molecule has 0 saturated carbocycles. The van der Waals surface area contributed by atoms with Crippen LogP contribution in [0.1, 0.15) is 42.7 Å². The summed E-state index contributed by atoms with van der Waals surface area (Å²) < 4.78 is 1.72. The van der Waals surface area contributed by atoms with Gasteiger partial charge in [-0.05, 0) is 32.9 Å². The van der Waals surface area contributed by atoms with Crippen molar-refractivity contribution in [2.75, 3.05) is 13.1 Å². The van der Waals surface area contributed by atoms with Gasteiger partial charge in [-0.2, -0.15) is 0 Å². The predicted octanol–water partition coefficient (Wildman–Crippen LogP) is -0.204. The lowest BCUT2D eigenvalue weighted by atomic mass is 10.1. The van der Waals surface area contributed by atoms with Crippen molar-refractivity contribution in [1.29, 1.82) is 0 Å². The number of hydrogen-bond donors (Lipinski definition) is 3. The largest absolute Gasteiger partial charge is 0.481 e. The molecule has 1 aliphatic rings. The summed E-state index contributed by atoms with van der Waals surface area (Å²) in [6, 6.07) is -0.175. The fraction of sp³-hybridized carbons (Fsp3) is 0.667. The van der Waals surface area contributed by atoms with E-state index in [1.54, 1.807) is 17.8 Å². The topological polar surface area (TPSA) is 109 Å². The van der Waals surface area contributed by atoms with Gasteiger partial charge in [0.05, 0.1) is 18.7 Å². The van der Waals surface area contributed by atoms with Crippen LogP contribution in [-0.4, -0.2) is 51.1 Å². The average molecular weight is 281 g/mol. The lowest BCUT2D eigenvalue weighted by Gasteiger charge is -2.22. The highest BCUT2D eigenvalue weighted by Gasteiger charge is 2.20. The van der Waals surface area contributed by atoms with E-state index in [1.165, 1.54) is 0 Å². The van der Waals surface area contributed by atoms with Crippen molar-refractivity contribution in [2.45, 2.75) is 38.3 Å². The van der Waals surface area contributed by atoms with Gasteiger partial charge in [0, 0.05) is 6.04 Å². The lowest BCUT2D eigenvalue weighted by molar-refractivity contribution is -0.137. The first-order valence-corrected chi connectivity index (χ1v) is 6.71. The van der Waals surface area contributed by atoms with Crippen molar-refractivity contribution >= 4 is 11.9 Å². The molecule has 0 radical (unpaired) electrons. The van der Waals surface area contributed by atoms with Gasteiger partial charge in [-0.3, -0.25) is 9.59 Å². The first-order valence-electron chi connectivity index (χ1n) is 6.71. The SMILES string of the molecule is CC(CC(=O)O)NC(=O)c1cn(C2CCNCC2)nn1. The summed E-state index contributed by atoms with van der Waals surface area (Å²) >= 11 is 0. The van der Waals surface area contributed by atoms with E-state index in [-0.39, 0.29) is 24.1 Å². The number of nitrogens with one attached hydrogen (secondary N) is 2. The van der Waals surface area contributed by atoms with Crippen molar-refractivity contribution in [3.8, 4) is 0 Å². The van der Waals surface area contributed by atoms with Crippen molar-refractivity contribution in [3.05, 3.63) is 11.9 Å². The lowest BCUT2D eigenvalue weighted by Crippen LogP contribution is -2.34. The number of carbonyl (C=O) groups is 2. The molecule has 1 aromatic heterocycles. The first kappa shape index (κ1) is 14.4. The Labute approximate surface area is 116 Å². The second kappa shape index (κ2) is 6.47. The Morgan fingerprint density at radius 3 is 2.90 bits per heavy atom. The summed E-state index contributed by atoms with van der Waals surface area (Å²) in [5.41, 5.74) is 0.223. The molecule has 1 unspecified atom stereocenters. The van der Waals surface area contributed by atoms with Crippen LogP contribution in [-0.2, 0) is 4.79 Å². The third-order valence-corrected chi connectivity index (χ3v) is 3.28. The first-order chi connectivity index (χ1) is 9.56. The second-order valence-electron chi connectivity index (χ2n) is 5.04. The Kier molecular flexibility index (Phi) is 4.67. The second-order valence-corrected chi connectivity index (χ2v) is 5.04. The van der Waals surface area contributed by atoms with Crippen LogP contribution in [0, 0.1) is 0 Å². The van der Waals surface area contributed by atoms with Gasteiger partial charge in [-0.15, -0.1) is 5.10 Å². The van der Waals surface area contributed by atoms with Crippen molar-refractivity contribution in [2.24, 2.45) is 0 Å². The molecule has 1 amide bonds. The number of nitrogens with zero attached hydrogens (tertiary/aromatic N) is 3. The van der Waals surface area contributed by atoms with Crippen LogP contribution in [0.4, 0.5) is 0 Å². The molecule has 8 nitrogen and oxygen atoms in total. The Bertz CT molecular complexity index is 481. The minimum atomic E-state index is -0.948. The van der Waals surface area contributed by atoms with Crippen LogP contribution in [0.15, 0.2) is 6.20 Å². The molecule has 110 valence electrons. The van der Waals surface area contributed by atoms with Crippen LogP contribution >= 0.6 is 0 Å². The molecular formula is C12H19N5O3. The molecule has 1 aromatic rings. The molecule has 0 spiro atoms. The van der Waals surface area contributed by atoms with Crippen LogP contribution in [0.2, 0.25) is 0 Å². The molecule has 2 rings (SSSR count). The summed E-state index contributed by atoms with van der Waals surface area (Å²) in [6.45, 7) is 3.51. The van der Waals surface area contributed by atoms with Gasteiger partial charge in [0.25, 0.3) is 5.91 Å². The maximum Gasteiger partial charge on any atom is 0.305 e. The maximum atomic E-state index is 11.9. The summed E-state index contributed by atoms with van der Waals surface area (Å²) in [4.78, 5) is 22.4. The van der Waals surface area contributed by atoms with E-state index in [9.17, 15) is 9.59 Å². The minimum absolute atomic E-state index is 0.117. The van der Waals surface area contributed by atoms with Gasteiger partial charge in [0.1, 0.15) is 0 Å². The smallest absolute Gasteiger partial charge is 0.305 e. The fourth-order valence-corrected chi connectivity index (χ4v) is 2.24. The zero-order valence-corrected chi connectivity index (χ0v) is 11.4. The Hall–Kier alpha value is -1.96. The fourth-order valence-electron chi connectivity index (χ4n) is 2.24. The van der Waals surface area contributed by atoms with Gasteiger partial charge in [0.15, 0.2) is 5.69 Å². The number of amides is 1. The number of carboxylic acid groups (broad SMARTS) is 1. The summed E-state index contributed by atoms with van der Waals surface area (Å²) in [5.74, 6) is -1.34. The molecule has 2 heterocycles. The number of rotatable bonds is 5. The van der Waals surface area contributed by atoms with Crippen molar-refractivity contribution in [3.63, 3.8) is 0 Å². The summed E-state index contributed by atoms with van der Waals surface area (Å²) in [6.07, 6.45) is 3.42. The predicted molar refractivity (Wildman–Crippen MR) is 70.3 cm³/mol. The van der Waals surface area contributed by atoms with Crippen LogP contribution in [0.3, 0.4) is 0 Å². The van der Waals surface area contributed by atoms with Crippen molar-refractivity contribution < 1.29 is 14.7 Å². The number of aromatic nitrogens is 3. The van der Waals surface area contributed by atoms with Gasteiger partial charge in [-0.1, -0.05) is 5.21 Å². The molecule has 20 heavy (non-hydrogen) atoms. The van der Waals surface area contributed by atoms with Gasteiger partial charge >= 0.3 is 5.97 Å². The Morgan fingerprint density at radius 1 is 1.55 bits per heavy atom. The van der Waals surface area contributed by atoms with Crippen molar-refractivity contribution in [1.82, 2.24) is 25.6 Å². The molecule has 1 aliphatic heterocycles. The molecular weight excluding hydrogens is 262 g/mol. The minimum Gasteiger partial charge on any atom is -0.481 e. The summed E-state index contributed by atoms with van der Waals surface area (Å²) in [5, 5.41) is 22.4. The Morgan fingerprint density at radius 2 is 2.25 bits per heavy atom. The van der Waals surface area contributed by atoms with Gasteiger partial charge in [0.2, 0.25) is 0 Å². The van der Waals surface area contributed by atoms with E-state index in [0.29, 0.717) is 0 Å². The maximum absolute atomic E-state index is 11.9. The van der Waals surface area contributed by atoms with Gasteiger partial charge < -0.3 is 15.7 Å². The van der Waals surface area contributed by atoms with E-state index >= 15 is 0 Å². The normalized spacial score (nSPS) is 17.6. The third kappa shape index (κ3) is 3.77. The highest BCUT2D eigenvalue weighted by atomic mass is 16.4. The highest BCUT2D eigenvalue weighted by Crippen LogP contribution is 2.16. The highest BCUT2D eigenvalue weighted by molar-refractivity contribution is 5.92. The monoisotopic (exact) mass is 281 g/mol. The van der Waals surface area contributed by atoms with E-state index in [0.717, 1.165) is 25.9 Å². The number of piperidine rings is 1. The number of carboxylic acids is 1. The molecule has 1 atom stereocenters. The zero-order valence-electron chi connectivity index (χ0n) is 11.4. The molecule has 3 N–H and O–H groups in total. The molecule has 0 aromatic carbocycles. The Balaban J connectivity index is 1.93. The van der Waals surface area contributed by atoms with E-state index < -0.39 is 12.0 Å². The third-order valence-electron chi connectivity index (χ3n) is 3.28. The van der Waals surface area contributed by atoms with E-state index in [4.69, 9.17) is 5.11 Å².